The van der Waals surface area contributed by atoms with Crippen molar-refractivity contribution < 1.29 is 9.59 Å². The average molecular weight is 291 g/mol. The van der Waals surface area contributed by atoms with Crippen LogP contribution in [0.3, 0.4) is 0 Å². The maximum absolute atomic E-state index is 12.5. The molecule has 2 aromatic rings. The van der Waals surface area contributed by atoms with Crippen molar-refractivity contribution in [1.82, 2.24) is 4.57 Å². The van der Waals surface area contributed by atoms with Gasteiger partial charge in [0.1, 0.15) is 0 Å². The van der Waals surface area contributed by atoms with Gasteiger partial charge in [-0.1, -0.05) is 17.7 Å². The fourth-order valence-electron chi connectivity index (χ4n) is 2.08. The largest absolute Gasteiger partial charge is 0.369 e. The average Bonchev–Trinajstić information content (AvgIpc) is 2.69. The number of hydrogen-bond acceptors (Lipinski definition) is 2. The first-order valence-corrected chi connectivity index (χ1v) is 6.51. The molecule has 0 bridgehead atoms. The minimum atomic E-state index is -0.432. The van der Waals surface area contributed by atoms with Gasteiger partial charge < -0.3 is 10.3 Å². The van der Waals surface area contributed by atoms with Crippen molar-refractivity contribution in [2.45, 2.75) is 13.3 Å². The van der Waals surface area contributed by atoms with E-state index in [4.69, 9.17) is 17.3 Å². The van der Waals surface area contributed by atoms with E-state index in [1.807, 2.05) is 13.0 Å². The molecule has 0 saturated carbocycles. The van der Waals surface area contributed by atoms with Crippen molar-refractivity contribution in [2.24, 2.45) is 12.8 Å². The zero-order valence-corrected chi connectivity index (χ0v) is 12.1. The van der Waals surface area contributed by atoms with E-state index in [-0.39, 0.29) is 12.2 Å². The minimum Gasteiger partial charge on any atom is -0.369 e. The number of aromatic nitrogens is 1. The van der Waals surface area contributed by atoms with Crippen LogP contribution in [-0.4, -0.2) is 16.3 Å². The molecule has 2 N–H and O–H groups in total. The Hall–Kier alpha value is -2.07. The van der Waals surface area contributed by atoms with Crippen LogP contribution in [0, 0.1) is 6.92 Å². The smallest absolute Gasteiger partial charge is 0.223 e. The van der Waals surface area contributed by atoms with Gasteiger partial charge in [0, 0.05) is 18.3 Å². The van der Waals surface area contributed by atoms with Crippen LogP contribution in [0.2, 0.25) is 5.02 Å². The molecular formula is C15H15ClN2O2. The molecule has 20 heavy (non-hydrogen) atoms. The summed E-state index contributed by atoms with van der Waals surface area (Å²) < 4.78 is 1.67. The molecule has 0 spiro atoms. The third-order valence-electron chi connectivity index (χ3n) is 3.18. The fourth-order valence-corrected chi connectivity index (χ4v) is 2.40. The van der Waals surface area contributed by atoms with Crippen molar-refractivity contribution in [3.63, 3.8) is 0 Å². The van der Waals surface area contributed by atoms with Crippen molar-refractivity contribution in [3.8, 4) is 0 Å². The number of aryl methyl sites for hydroxylation is 1. The lowest BCUT2D eigenvalue weighted by Gasteiger charge is -2.08. The molecule has 1 aromatic heterocycles. The molecule has 1 aromatic carbocycles. The summed E-state index contributed by atoms with van der Waals surface area (Å²) >= 11 is 6.11. The van der Waals surface area contributed by atoms with Gasteiger partial charge in [-0.05, 0) is 36.8 Å². The zero-order valence-electron chi connectivity index (χ0n) is 11.3. The van der Waals surface area contributed by atoms with E-state index in [0.717, 1.165) is 5.56 Å². The minimum absolute atomic E-state index is 0.103. The predicted molar refractivity (Wildman–Crippen MR) is 77.9 cm³/mol. The van der Waals surface area contributed by atoms with E-state index in [0.29, 0.717) is 22.0 Å². The van der Waals surface area contributed by atoms with Gasteiger partial charge in [-0.2, -0.15) is 0 Å². The van der Waals surface area contributed by atoms with Crippen LogP contribution in [0.1, 0.15) is 27.3 Å². The molecule has 0 aliphatic heterocycles. The number of nitrogens with zero attached hydrogens (tertiary/aromatic N) is 1. The number of amides is 1. The molecule has 0 aliphatic carbocycles. The third kappa shape index (κ3) is 2.75. The summed E-state index contributed by atoms with van der Waals surface area (Å²) in [4.78, 5) is 23.4. The van der Waals surface area contributed by atoms with Gasteiger partial charge in [0.05, 0.1) is 17.1 Å². The van der Waals surface area contributed by atoms with Crippen LogP contribution in [0.25, 0.3) is 0 Å². The number of carbonyl (C=O) groups is 2. The van der Waals surface area contributed by atoms with Gasteiger partial charge in [-0.3, -0.25) is 9.59 Å². The Bertz CT molecular complexity index is 689. The molecule has 1 heterocycles. The first kappa shape index (κ1) is 14.3. The van der Waals surface area contributed by atoms with Crippen molar-refractivity contribution >= 4 is 23.3 Å². The van der Waals surface area contributed by atoms with Gasteiger partial charge in [0.25, 0.3) is 0 Å². The number of benzene rings is 1. The molecule has 0 radical (unpaired) electrons. The Labute approximate surface area is 122 Å². The number of ketones is 1. The highest BCUT2D eigenvalue weighted by Crippen LogP contribution is 2.22. The van der Waals surface area contributed by atoms with Crippen molar-refractivity contribution in [2.75, 3.05) is 0 Å². The molecular weight excluding hydrogens is 276 g/mol. The highest BCUT2D eigenvalue weighted by Gasteiger charge is 2.17. The Morgan fingerprint density at radius 1 is 1.25 bits per heavy atom. The molecule has 0 fully saturated rings. The summed E-state index contributed by atoms with van der Waals surface area (Å²) in [6.07, 6.45) is 0.103. The first-order chi connectivity index (χ1) is 9.40. The Morgan fingerprint density at radius 3 is 2.55 bits per heavy atom. The van der Waals surface area contributed by atoms with E-state index in [2.05, 4.69) is 0 Å². The molecule has 1 amide bonds. The third-order valence-corrected chi connectivity index (χ3v) is 3.50. The molecule has 2 rings (SSSR count). The topological polar surface area (TPSA) is 65.1 Å². The standard InChI is InChI=1S/C15H15ClN2O2/c1-9-3-5-11(12(16)7-9)15(20)13-6-4-10(18(13)2)8-14(17)19/h3-7H,8H2,1-2H3,(H2,17,19). The molecule has 4 nitrogen and oxygen atoms in total. The van der Waals surface area contributed by atoms with Crippen LogP contribution < -0.4 is 5.73 Å². The van der Waals surface area contributed by atoms with Crippen LogP contribution in [0.5, 0.6) is 0 Å². The lowest BCUT2D eigenvalue weighted by atomic mass is 10.1. The highest BCUT2D eigenvalue weighted by molar-refractivity contribution is 6.35. The Morgan fingerprint density at radius 2 is 1.95 bits per heavy atom. The molecule has 0 aliphatic rings. The fraction of sp³-hybridized carbons (Fsp3) is 0.200. The summed E-state index contributed by atoms with van der Waals surface area (Å²) in [5.74, 6) is -0.605. The van der Waals surface area contributed by atoms with Crippen LogP contribution in [0.15, 0.2) is 30.3 Å². The number of halogens is 1. The number of nitrogens with two attached hydrogens (primary N) is 1. The maximum Gasteiger partial charge on any atom is 0.223 e. The number of hydrogen-bond donors (Lipinski definition) is 1. The first-order valence-electron chi connectivity index (χ1n) is 6.14. The summed E-state index contributed by atoms with van der Waals surface area (Å²) in [6.45, 7) is 1.91. The van der Waals surface area contributed by atoms with Gasteiger partial charge in [0.15, 0.2) is 0 Å². The second kappa shape index (κ2) is 5.51. The summed E-state index contributed by atoms with van der Waals surface area (Å²) in [6, 6.07) is 8.70. The molecule has 0 saturated heterocycles. The normalized spacial score (nSPS) is 10.6. The molecule has 5 heteroatoms. The van der Waals surface area contributed by atoms with Gasteiger partial charge in [-0.15, -0.1) is 0 Å². The quantitative estimate of drug-likeness (QED) is 0.878. The lowest BCUT2D eigenvalue weighted by Crippen LogP contribution is -2.17. The van der Waals surface area contributed by atoms with E-state index in [1.54, 1.807) is 35.9 Å². The van der Waals surface area contributed by atoms with Crippen LogP contribution in [0.4, 0.5) is 0 Å². The van der Waals surface area contributed by atoms with Crippen LogP contribution >= 0.6 is 11.6 Å². The second-order valence-electron chi connectivity index (χ2n) is 4.72. The van der Waals surface area contributed by atoms with E-state index < -0.39 is 5.91 Å². The molecule has 104 valence electrons. The van der Waals surface area contributed by atoms with Gasteiger partial charge >= 0.3 is 0 Å². The van der Waals surface area contributed by atoms with Crippen molar-refractivity contribution in [3.05, 3.63) is 57.9 Å². The van der Waals surface area contributed by atoms with Gasteiger partial charge in [-0.25, -0.2) is 0 Å². The summed E-state index contributed by atoms with van der Waals surface area (Å²) in [5, 5.41) is 0.424. The lowest BCUT2D eigenvalue weighted by molar-refractivity contribution is -0.117. The zero-order chi connectivity index (χ0) is 14.9. The SMILES string of the molecule is Cc1ccc(C(=O)c2ccc(CC(N)=O)n2C)c(Cl)c1. The number of rotatable bonds is 4. The molecule has 0 unspecified atom stereocenters. The van der Waals surface area contributed by atoms with Gasteiger partial charge in [0.2, 0.25) is 11.7 Å². The van der Waals surface area contributed by atoms with E-state index in [1.165, 1.54) is 0 Å². The second-order valence-corrected chi connectivity index (χ2v) is 5.13. The highest BCUT2D eigenvalue weighted by atomic mass is 35.5. The van der Waals surface area contributed by atoms with E-state index in [9.17, 15) is 9.59 Å². The number of primary amides is 1. The molecule has 0 atom stereocenters. The van der Waals surface area contributed by atoms with E-state index >= 15 is 0 Å². The van der Waals surface area contributed by atoms with Crippen molar-refractivity contribution in [1.29, 1.82) is 0 Å². The monoisotopic (exact) mass is 290 g/mol. The summed E-state index contributed by atoms with van der Waals surface area (Å²) in [7, 11) is 1.73. The predicted octanol–water partition coefficient (Wildman–Crippen LogP) is 2.25. The maximum atomic E-state index is 12.5. The number of carbonyl (C=O) groups excluding carboxylic acids is 2. The Balaban J connectivity index is 2.39. The van der Waals surface area contributed by atoms with Crippen LogP contribution in [-0.2, 0) is 18.3 Å². The Kier molecular flexibility index (Phi) is 3.95. The summed E-state index contributed by atoms with van der Waals surface area (Å²) in [5.41, 5.74) is 7.79.